The Hall–Kier alpha value is -3.30. The summed E-state index contributed by atoms with van der Waals surface area (Å²) in [5, 5.41) is 13.3. The van der Waals surface area contributed by atoms with Crippen molar-refractivity contribution in [3.8, 4) is 0 Å². The number of pyridine rings is 2. The van der Waals surface area contributed by atoms with Crippen LogP contribution in [-0.2, 0) is 30.2 Å². The minimum atomic E-state index is -3.33. The molecule has 2 aromatic heterocycles. The van der Waals surface area contributed by atoms with Crippen molar-refractivity contribution in [2.75, 3.05) is 6.54 Å². The summed E-state index contributed by atoms with van der Waals surface area (Å²) in [6.07, 6.45) is 0.987. The maximum absolute atomic E-state index is 14.3. The first-order chi connectivity index (χ1) is 15.3. The lowest BCUT2D eigenvalue weighted by Gasteiger charge is -2.14. The van der Waals surface area contributed by atoms with Gasteiger partial charge in [-0.3, -0.25) is 14.8 Å². The van der Waals surface area contributed by atoms with Crippen molar-refractivity contribution < 1.29 is 18.8 Å². The summed E-state index contributed by atoms with van der Waals surface area (Å²) in [6.45, 7) is -0.357. The number of aromatic nitrogens is 2. The molecule has 3 rings (SSSR count). The third-order valence-electron chi connectivity index (χ3n) is 4.75. The van der Waals surface area contributed by atoms with Crippen LogP contribution in [0.2, 0.25) is 5.02 Å². The molecule has 0 saturated carbocycles. The van der Waals surface area contributed by atoms with Crippen molar-refractivity contribution in [3.05, 3.63) is 93.8 Å². The largest absolute Gasteiger partial charge is 0.427 e. The number of benzene rings is 1. The monoisotopic (exact) mass is 461 g/mol. The number of hydrogen-bond donors (Lipinski definition) is 3. The number of nitrogens with one attached hydrogen (secondary N) is 1. The number of rotatable bonds is 8. The highest BCUT2D eigenvalue weighted by Gasteiger charge is 2.32. The molecule has 0 aliphatic carbocycles. The topological polar surface area (TPSA) is 106 Å². The molecule has 7 nitrogen and oxygen atoms in total. The van der Waals surface area contributed by atoms with Crippen molar-refractivity contribution in [2.45, 2.75) is 25.4 Å². The summed E-state index contributed by atoms with van der Waals surface area (Å²) in [6, 6.07) is 14.3. The Bertz CT molecular complexity index is 1150. The highest BCUT2D eigenvalue weighted by Crippen LogP contribution is 2.25. The third-order valence-corrected chi connectivity index (χ3v) is 5.09. The molecule has 0 radical (unpaired) electrons. The Kier molecular flexibility index (Phi) is 7.55. The summed E-state index contributed by atoms with van der Waals surface area (Å²) in [5.41, 5.74) is 6.90. The fourth-order valence-electron chi connectivity index (χ4n) is 3.01. The van der Waals surface area contributed by atoms with Gasteiger partial charge in [-0.15, -0.1) is 0 Å². The Morgan fingerprint density at radius 2 is 1.88 bits per heavy atom. The summed E-state index contributed by atoms with van der Waals surface area (Å²) in [4.78, 5) is 19.9. The molecule has 0 atom stereocenters. The number of hydrogen-bond acceptors (Lipinski definition) is 5. The number of alkyl halides is 2. The van der Waals surface area contributed by atoms with Gasteiger partial charge in [-0.2, -0.15) is 13.5 Å². The molecule has 0 spiro atoms. The molecule has 2 heterocycles. The molecule has 0 unspecified atom stereocenters. The molecule has 0 aliphatic heterocycles. The van der Waals surface area contributed by atoms with E-state index >= 15 is 0 Å². The Morgan fingerprint density at radius 1 is 1.16 bits per heavy atom. The number of halogens is 3. The first kappa shape index (κ1) is 23.4. The molecule has 3 aromatic rings. The normalized spacial score (nSPS) is 12.1. The Labute approximate surface area is 188 Å². The zero-order valence-corrected chi connectivity index (χ0v) is 17.8. The van der Waals surface area contributed by atoms with Crippen LogP contribution in [0.1, 0.15) is 22.5 Å². The summed E-state index contributed by atoms with van der Waals surface area (Å²) >= 11 is 6.12. The molecule has 0 bridgehead atoms. The van der Waals surface area contributed by atoms with E-state index in [2.05, 4.69) is 15.3 Å². The van der Waals surface area contributed by atoms with Gasteiger partial charge in [0.25, 0.3) is 0 Å². The second-order valence-electron chi connectivity index (χ2n) is 6.96. The van der Waals surface area contributed by atoms with Gasteiger partial charge < -0.3 is 16.3 Å². The number of nitrogens with zero attached hydrogens (tertiary/aromatic N) is 3. The molecule has 1 amide bonds. The molecule has 1 aromatic carbocycles. The van der Waals surface area contributed by atoms with Gasteiger partial charge >= 0.3 is 5.92 Å². The van der Waals surface area contributed by atoms with Crippen LogP contribution in [0.15, 0.2) is 65.8 Å². The van der Waals surface area contributed by atoms with Crippen molar-refractivity contribution >= 4 is 17.5 Å². The third kappa shape index (κ3) is 5.68. The van der Waals surface area contributed by atoms with Crippen LogP contribution in [0.4, 0.5) is 8.78 Å². The zero-order valence-electron chi connectivity index (χ0n) is 17.0. The van der Waals surface area contributed by atoms with Gasteiger partial charge in [0.1, 0.15) is 12.2 Å². The predicted molar refractivity (Wildman–Crippen MR) is 115 cm³/mol. The minimum Gasteiger partial charge on any atom is -0.427 e. The number of amides is 1. The first-order valence-electron chi connectivity index (χ1n) is 9.75. The second-order valence-corrected chi connectivity index (χ2v) is 7.37. The van der Waals surface area contributed by atoms with Crippen LogP contribution in [0.3, 0.4) is 0 Å². The zero-order chi connectivity index (χ0) is 23.1. The molecular formula is C22H22ClF2N5O2. The lowest BCUT2D eigenvalue weighted by molar-refractivity contribution is -0.120. The van der Waals surface area contributed by atoms with Crippen LogP contribution in [0, 0.1) is 0 Å². The van der Waals surface area contributed by atoms with E-state index in [1.165, 1.54) is 36.5 Å². The van der Waals surface area contributed by atoms with Gasteiger partial charge in [-0.05, 0) is 35.4 Å². The smallest absolute Gasteiger partial charge is 0.308 e. The van der Waals surface area contributed by atoms with E-state index in [9.17, 15) is 18.8 Å². The quantitative estimate of drug-likeness (QED) is 0.448. The van der Waals surface area contributed by atoms with Crippen LogP contribution in [0.5, 0.6) is 0 Å². The van der Waals surface area contributed by atoms with E-state index in [4.69, 9.17) is 17.3 Å². The standard InChI is InChI=1S/C22H22ClF2N5O2/c23-17-8-9-20(29-14-22(24,25)19-7-3-4-10-27-19)30(32)18(17)11-21(31)28-13-16-6-2-1-5-15(16)12-26/h1-10,32H,11-14,26H2,(H,28,31). The van der Waals surface area contributed by atoms with E-state index in [0.717, 1.165) is 11.1 Å². The van der Waals surface area contributed by atoms with Gasteiger partial charge in [0.15, 0.2) is 5.49 Å². The van der Waals surface area contributed by atoms with E-state index in [1.807, 2.05) is 24.3 Å². The van der Waals surface area contributed by atoms with Crippen LogP contribution < -0.4 is 16.5 Å². The fraction of sp³-hybridized carbons (Fsp3) is 0.227. The molecule has 0 fully saturated rings. The average molecular weight is 462 g/mol. The maximum Gasteiger partial charge on any atom is 0.308 e. The van der Waals surface area contributed by atoms with Gasteiger partial charge in [0.05, 0.1) is 17.1 Å². The minimum absolute atomic E-state index is 0.0266. The van der Waals surface area contributed by atoms with Crippen molar-refractivity contribution in [1.29, 1.82) is 0 Å². The van der Waals surface area contributed by atoms with Gasteiger partial charge in [-0.25, -0.2) is 0 Å². The summed E-state index contributed by atoms with van der Waals surface area (Å²) in [5.74, 6) is -3.75. The van der Waals surface area contributed by atoms with E-state index in [0.29, 0.717) is 11.3 Å². The lowest BCUT2D eigenvalue weighted by atomic mass is 10.1. The molecule has 32 heavy (non-hydrogen) atoms. The lowest BCUT2D eigenvalue weighted by Crippen LogP contribution is -2.30. The summed E-state index contributed by atoms with van der Waals surface area (Å²) < 4.78 is 29.2. The Balaban J connectivity index is 1.74. The fourth-order valence-corrected chi connectivity index (χ4v) is 3.22. The van der Waals surface area contributed by atoms with Gasteiger partial charge in [0, 0.05) is 19.3 Å². The molecule has 0 saturated heterocycles. The second kappa shape index (κ2) is 10.3. The highest BCUT2D eigenvalue weighted by molar-refractivity contribution is 6.31. The first-order valence-corrected chi connectivity index (χ1v) is 10.1. The van der Waals surface area contributed by atoms with Gasteiger partial charge in [-0.1, -0.05) is 41.9 Å². The molecule has 10 heteroatoms. The van der Waals surface area contributed by atoms with Crippen LogP contribution in [-0.4, -0.2) is 27.4 Å². The van der Waals surface area contributed by atoms with Crippen molar-refractivity contribution in [2.24, 2.45) is 10.7 Å². The average Bonchev–Trinajstić information content (AvgIpc) is 2.80. The highest BCUT2D eigenvalue weighted by atomic mass is 35.5. The molecular weight excluding hydrogens is 440 g/mol. The molecule has 4 N–H and O–H groups in total. The molecule has 0 aliphatic rings. The number of carbonyl (C=O) groups is 1. The number of carbonyl (C=O) groups excluding carboxylic acids is 1. The van der Waals surface area contributed by atoms with Crippen molar-refractivity contribution in [3.63, 3.8) is 0 Å². The maximum atomic E-state index is 14.3. The van der Waals surface area contributed by atoms with Crippen LogP contribution >= 0.6 is 11.6 Å². The van der Waals surface area contributed by atoms with E-state index < -0.39 is 24.1 Å². The SMILES string of the molecule is NCc1ccccc1CNC(=O)Cc1c(Cl)ccc(=NCC(F)(F)c2ccccn2)n1O. The van der Waals surface area contributed by atoms with Gasteiger partial charge in [0.2, 0.25) is 5.91 Å². The van der Waals surface area contributed by atoms with Crippen molar-refractivity contribution in [1.82, 2.24) is 15.0 Å². The molecule has 168 valence electrons. The van der Waals surface area contributed by atoms with E-state index in [-0.39, 0.29) is 29.2 Å². The Morgan fingerprint density at radius 3 is 2.56 bits per heavy atom. The van der Waals surface area contributed by atoms with E-state index in [1.54, 1.807) is 0 Å². The predicted octanol–water partition coefficient (Wildman–Crippen LogP) is 2.78. The number of nitrogens with two attached hydrogens (primary N) is 1. The van der Waals surface area contributed by atoms with Crippen LogP contribution in [0.25, 0.3) is 0 Å². The summed E-state index contributed by atoms with van der Waals surface area (Å²) in [7, 11) is 0.